The Hall–Kier alpha value is -2.30. The second-order valence-corrected chi connectivity index (χ2v) is 4.17. The van der Waals surface area contributed by atoms with Gasteiger partial charge in [-0.3, -0.25) is 0 Å². The van der Waals surface area contributed by atoms with Gasteiger partial charge in [-0.15, -0.1) is 0 Å². The fraction of sp³-hybridized carbons (Fsp3) is 0.286. The van der Waals surface area contributed by atoms with Gasteiger partial charge in [-0.1, -0.05) is 31.2 Å². The van der Waals surface area contributed by atoms with E-state index in [9.17, 15) is 0 Å². The number of hydrogen-bond donors (Lipinski definition) is 2. The fourth-order valence-electron chi connectivity index (χ4n) is 1.76. The first kappa shape index (κ1) is 13.1. The number of rotatable bonds is 5. The Labute approximate surface area is 112 Å². The molecule has 0 spiro atoms. The molecule has 0 bridgehead atoms. The highest BCUT2D eigenvalue weighted by atomic mass is 16.5. The predicted octanol–water partition coefficient (Wildman–Crippen LogP) is 2.24. The van der Waals surface area contributed by atoms with Crippen LogP contribution in [0.25, 0.3) is 0 Å². The SMILES string of the molecule is CCc1ccc(CNc2ncnc(OC)c2N)cc1. The van der Waals surface area contributed by atoms with E-state index >= 15 is 0 Å². The van der Waals surface area contributed by atoms with Gasteiger partial charge in [-0.05, 0) is 17.5 Å². The second-order valence-electron chi connectivity index (χ2n) is 4.17. The molecule has 0 atom stereocenters. The lowest BCUT2D eigenvalue weighted by atomic mass is 10.1. The fourth-order valence-corrected chi connectivity index (χ4v) is 1.76. The Morgan fingerprint density at radius 3 is 2.47 bits per heavy atom. The molecule has 3 N–H and O–H groups in total. The molecule has 100 valence electrons. The van der Waals surface area contributed by atoms with Crippen molar-refractivity contribution in [3.63, 3.8) is 0 Å². The van der Waals surface area contributed by atoms with E-state index in [-0.39, 0.29) is 0 Å². The topological polar surface area (TPSA) is 73.1 Å². The lowest BCUT2D eigenvalue weighted by molar-refractivity contribution is 0.399. The summed E-state index contributed by atoms with van der Waals surface area (Å²) in [5.74, 6) is 0.977. The van der Waals surface area contributed by atoms with Crippen LogP contribution in [0.2, 0.25) is 0 Å². The zero-order valence-electron chi connectivity index (χ0n) is 11.2. The van der Waals surface area contributed by atoms with Crippen molar-refractivity contribution in [3.8, 4) is 5.88 Å². The quantitative estimate of drug-likeness (QED) is 0.860. The zero-order valence-corrected chi connectivity index (χ0v) is 11.2. The van der Waals surface area contributed by atoms with Gasteiger partial charge >= 0.3 is 0 Å². The summed E-state index contributed by atoms with van der Waals surface area (Å²) >= 11 is 0. The molecule has 0 aliphatic carbocycles. The molecule has 0 aliphatic heterocycles. The molecule has 2 rings (SSSR count). The van der Waals surface area contributed by atoms with E-state index < -0.39 is 0 Å². The number of aromatic nitrogens is 2. The largest absolute Gasteiger partial charge is 0.479 e. The van der Waals surface area contributed by atoms with Gasteiger partial charge in [0.1, 0.15) is 12.0 Å². The maximum absolute atomic E-state index is 5.89. The van der Waals surface area contributed by atoms with Crippen molar-refractivity contribution in [2.75, 3.05) is 18.2 Å². The monoisotopic (exact) mass is 258 g/mol. The third-order valence-corrected chi connectivity index (χ3v) is 2.93. The van der Waals surface area contributed by atoms with E-state index in [0.29, 0.717) is 23.9 Å². The summed E-state index contributed by atoms with van der Waals surface area (Å²) in [6, 6.07) is 8.45. The number of anilines is 2. The van der Waals surface area contributed by atoms with Gasteiger partial charge in [0.15, 0.2) is 5.82 Å². The van der Waals surface area contributed by atoms with Crippen LogP contribution in [0.5, 0.6) is 5.88 Å². The number of ether oxygens (including phenoxy) is 1. The molecule has 1 aromatic carbocycles. The van der Waals surface area contributed by atoms with Crippen molar-refractivity contribution in [1.82, 2.24) is 9.97 Å². The van der Waals surface area contributed by atoms with E-state index in [2.05, 4.69) is 46.5 Å². The van der Waals surface area contributed by atoms with Crippen molar-refractivity contribution in [2.24, 2.45) is 0 Å². The van der Waals surface area contributed by atoms with E-state index in [1.807, 2.05) is 0 Å². The normalized spacial score (nSPS) is 10.2. The van der Waals surface area contributed by atoms with Gasteiger partial charge in [0, 0.05) is 6.54 Å². The van der Waals surface area contributed by atoms with Crippen molar-refractivity contribution in [3.05, 3.63) is 41.7 Å². The number of hydrogen-bond acceptors (Lipinski definition) is 5. The number of methoxy groups -OCH3 is 1. The highest BCUT2D eigenvalue weighted by molar-refractivity contribution is 5.66. The van der Waals surface area contributed by atoms with Crippen molar-refractivity contribution in [1.29, 1.82) is 0 Å². The summed E-state index contributed by atoms with van der Waals surface area (Å²) in [4.78, 5) is 8.05. The molecule has 0 fully saturated rings. The van der Waals surface area contributed by atoms with E-state index in [4.69, 9.17) is 10.5 Å². The highest BCUT2D eigenvalue weighted by Crippen LogP contribution is 2.24. The first-order chi connectivity index (χ1) is 9.24. The summed E-state index contributed by atoms with van der Waals surface area (Å²) in [7, 11) is 1.53. The van der Waals surface area contributed by atoms with Crippen molar-refractivity contribution < 1.29 is 4.74 Å². The summed E-state index contributed by atoms with van der Waals surface area (Å²) in [5.41, 5.74) is 8.82. The lowest BCUT2D eigenvalue weighted by Gasteiger charge is -2.10. The number of nitrogen functional groups attached to an aromatic ring is 1. The first-order valence-corrected chi connectivity index (χ1v) is 6.20. The third-order valence-electron chi connectivity index (χ3n) is 2.93. The Morgan fingerprint density at radius 1 is 1.16 bits per heavy atom. The van der Waals surface area contributed by atoms with Crippen LogP contribution in [0.3, 0.4) is 0 Å². The van der Waals surface area contributed by atoms with E-state index in [0.717, 1.165) is 6.42 Å². The van der Waals surface area contributed by atoms with Crippen LogP contribution in [-0.4, -0.2) is 17.1 Å². The standard InChI is InChI=1S/C14H18N4O/c1-3-10-4-6-11(7-5-10)8-16-13-12(15)14(19-2)18-9-17-13/h4-7,9H,3,8,15H2,1-2H3,(H,16,17,18). The minimum absolute atomic E-state index is 0.388. The molecule has 0 aliphatic rings. The van der Waals surface area contributed by atoms with Crippen molar-refractivity contribution in [2.45, 2.75) is 19.9 Å². The highest BCUT2D eigenvalue weighted by Gasteiger charge is 2.07. The molecule has 19 heavy (non-hydrogen) atoms. The van der Waals surface area contributed by atoms with Gasteiger partial charge in [0.05, 0.1) is 7.11 Å². The number of nitrogens with two attached hydrogens (primary N) is 1. The Kier molecular flexibility index (Phi) is 4.18. The summed E-state index contributed by atoms with van der Waals surface area (Å²) in [6.45, 7) is 2.80. The number of nitrogens with zero attached hydrogens (tertiary/aromatic N) is 2. The van der Waals surface area contributed by atoms with Crippen LogP contribution in [-0.2, 0) is 13.0 Å². The second kappa shape index (κ2) is 6.04. The van der Waals surface area contributed by atoms with Gasteiger partial charge in [0.25, 0.3) is 0 Å². The maximum atomic E-state index is 5.89. The third kappa shape index (κ3) is 3.13. The molecule has 0 saturated heterocycles. The van der Waals surface area contributed by atoms with Gasteiger partial charge < -0.3 is 15.8 Å². The molecule has 0 amide bonds. The average Bonchev–Trinajstić information content (AvgIpc) is 2.47. The van der Waals surface area contributed by atoms with Crippen LogP contribution < -0.4 is 15.8 Å². The van der Waals surface area contributed by atoms with Crippen LogP contribution in [0.15, 0.2) is 30.6 Å². The summed E-state index contributed by atoms with van der Waals surface area (Å²) in [5, 5.41) is 3.19. The molecule has 1 aromatic heterocycles. The lowest BCUT2D eigenvalue weighted by Crippen LogP contribution is -2.06. The average molecular weight is 258 g/mol. The van der Waals surface area contributed by atoms with E-state index in [1.165, 1.54) is 24.6 Å². The molecule has 0 unspecified atom stereocenters. The maximum Gasteiger partial charge on any atom is 0.242 e. The minimum atomic E-state index is 0.388. The number of nitrogens with one attached hydrogen (secondary N) is 1. The smallest absolute Gasteiger partial charge is 0.242 e. The molecular formula is C14H18N4O. The number of benzene rings is 1. The van der Waals surface area contributed by atoms with Gasteiger partial charge in [-0.2, -0.15) is 4.98 Å². The minimum Gasteiger partial charge on any atom is -0.479 e. The molecule has 0 saturated carbocycles. The van der Waals surface area contributed by atoms with Gasteiger partial charge in [-0.25, -0.2) is 4.98 Å². The van der Waals surface area contributed by atoms with Crippen LogP contribution in [0.4, 0.5) is 11.5 Å². The van der Waals surface area contributed by atoms with Gasteiger partial charge in [0.2, 0.25) is 5.88 Å². The summed E-state index contributed by atoms with van der Waals surface area (Å²) < 4.78 is 5.05. The molecular weight excluding hydrogens is 240 g/mol. The van der Waals surface area contributed by atoms with Crippen LogP contribution in [0.1, 0.15) is 18.1 Å². The van der Waals surface area contributed by atoms with Crippen LogP contribution in [0, 0.1) is 0 Å². The zero-order chi connectivity index (χ0) is 13.7. The molecule has 1 heterocycles. The Bertz CT molecular complexity index is 540. The Morgan fingerprint density at radius 2 is 1.84 bits per heavy atom. The predicted molar refractivity (Wildman–Crippen MR) is 76.1 cm³/mol. The molecule has 5 heteroatoms. The van der Waals surface area contributed by atoms with E-state index in [1.54, 1.807) is 0 Å². The molecule has 0 radical (unpaired) electrons. The first-order valence-electron chi connectivity index (χ1n) is 6.20. The van der Waals surface area contributed by atoms with Crippen molar-refractivity contribution >= 4 is 11.5 Å². The number of aryl methyl sites for hydroxylation is 1. The molecule has 2 aromatic rings. The summed E-state index contributed by atoms with van der Waals surface area (Å²) in [6.07, 6.45) is 2.47. The van der Waals surface area contributed by atoms with Crippen LogP contribution >= 0.6 is 0 Å². The Balaban J connectivity index is 2.05. The molecule has 5 nitrogen and oxygen atoms in total.